The summed E-state index contributed by atoms with van der Waals surface area (Å²) >= 11 is 0. The lowest BCUT2D eigenvalue weighted by Crippen LogP contribution is -2.40. The van der Waals surface area contributed by atoms with Gasteiger partial charge in [0.2, 0.25) is 0 Å². The van der Waals surface area contributed by atoms with Gasteiger partial charge in [-0.2, -0.15) is 0 Å². The molecule has 1 heterocycles. The Morgan fingerprint density at radius 3 is 2.89 bits per heavy atom. The summed E-state index contributed by atoms with van der Waals surface area (Å²) in [5, 5.41) is 11.3. The number of hydrogen-bond acceptors (Lipinski definition) is 4. The first-order chi connectivity index (χ1) is 8.60. The number of nitrogens with zero attached hydrogens (tertiary/aromatic N) is 2. The predicted molar refractivity (Wildman–Crippen MR) is 66.7 cm³/mol. The second-order valence-electron chi connectivity index (χ2n) is 3.74. The molecular weight excluding hydrogens is 236 g/mol. The second-order valence-corrected chi connectivity index (χ2v) is 3.74. The van der Waals surface area contributed by atoms with Crippen molar-refractivity contribution >= 4 is 11.7 Å². The number of carbonyl (C=O) groups is 1. The van der Waals surface area contributed by atoms with E-state index in [0.717, 1.165) is 0 Å². The van der Waals surface area contributed by atoms with Crippen LogP contribution in [0.25, 0.3) is 0 Å². The SMILES string of the molecule is CCCN(C/C(N)=N/O)C(=O)c1c[nH]ccc1=O. The molecule has 1 aromatic heterocycles. The maximum atomic E-state index is 12.1. The predicted octanol–water partition coefficient (Wildman–Crippen LogP) is -0.0265. The lowest BCUT2D eigenvalue weighted by molar-refractivity contribution is 0.0776. The normalized spacial score (nSPS) is 11.3. The highest BCUT2D eigenvalue weighted by molar-refractivity contribution is 5.96. The van der Waals surface area contributed by atoms with Gasteiger partial charge in [-0.3, -0.25) is 9.59 Å². The van der Waals surface area contributed by atoms with Gasteiger partial charge in [0.05, 0.1) is 6.54 Å². The molecule has 1 amide bonds. The number of amidine groups is 1. The topological polar surface area (TPSA) is 112 Å². The Balaban J connectivity index is 2.96. The number of nitrogens with one attached hydrogen (secondary N) is 1. The highest BCUT2D eigenvalue weighted by Gasteiger charge is 2.18. The number of amides is 1. The van der Waals surface area contributed by atoms with Crippen LogP contribution >= 0.6 is 0 Å². The molecule has 0 fully saturated rings. The molecule has 0 saturated carbocycles. The molecule has 0 atom stereocenters. The number of H-pyrrole nitrogens is 1. The van der Waals surface area contributed by atoms with Gasteiger partial charge in [0, 0.05) is 25.0 Å². The minimum Gasteiger partial charge on any atom is -0.409 e. The fourth-order valence-electron chi connectivity index (χ4n) is 1.50. The Labute approximate surface area is 104 Å². The Hall–Kier alpha value is -2.31. The Bertz CT molecular complexity index is 495. The van der Waals surface area contributed by atoms with E-state index < -0.39 is 5.91 Å². The molecule has 98 valence electrons. The summed E-state index contributed by atoms with van der Waals surface area (Å²) in [6.07, 6.45) is 3.50. The number of aromatic nitrogens is 1. The average molecular weight is 252 g/mol. The van der Waals surface area contributed by atoms with Crippen molar-refractivity contribution in [3.63, 3.8) is 0 Å². The van der Waals surface area contributed by atoms with Crippen LogP contribution in [-0.2, 0) is 0 Å². The van der Waals surface area contributed by atoms with E-state index in [9.17, 15) is 9.59 Å². The zero-order valence-corrected chi connectivity index (χ0v) is 10.1. The maximum Gasteiger partial charge on any atom is 0.259 e. The number of carbonyl (C=O) groups excluding carboxylic acids is 1. The average Bonchev–Trinajstić information content (AvgIpc) is 2.38. The third kappa shape index (κ3) is 3.34. The third-order valence-corrected chi connectivity index (χ3v) is 2.32. The standard InChI is InChI=1S/C11H16N4O3/c1-2-5-15(7-10(12)14-18)11(17)8-6-13-4-3-9(8)16/h3-4,6,18H,2,5,7H2,1H3,(H2,12,14)(H,13,16). The molecule has 0 saturated heterocycles. The first-order valence-electron chi connectivity index (χ1n) is 5.53. The largest absolute Gasteiger partial charge is 0.409 e. The number of hydrogen-bond donors (Lipinski definition) is 3. The van der Waals surface area contributed by atoms with Crippen molar-refractivity contribution in [3.05, 3.63) is 34.2 Å². The fraction of sp³-hybridized carbons (Fsp3) is 0.364. The van der Waals surface area contributed by atoms with E-state index in [2.05, 4.69) is 10.1 Å². The first kappa shape index (κ1) is 13.8. The van der Waals surface area contributed by atoms with Gasteiger partial charge in [-0.1, -0.05) is 12.1 Å². The molecular formula is C11H16N4O3. The Morgan fingerprint density at radius 1 is 1.61 bits per heavy atom. The number of rotatable bonds is 5. The number of aromatic amines is 1. The summed E-state index contributed by atoms with van der Waals surface area (Å²) in [4.78, 5) is 27.7. The fourth-order valence-corrected chi connectivity index (χ4v) is 1.50. The van der Waals surface area contributed by atoms with Crippen molar-refractivity contribution in [2.75, 3.05) is 13.1 Å². The molecule has 0 aromatic carbocycles. The molecule has 0 radical (unpaired) electrons. The quantitative estimate of drug-likeness (QED) is 0.296. The molecule has 0 bridgehead atoms. The molecule has 1 aromatic rings. The first-order valence-corrected chi connectivity index (χ1v) is 5.53. The van der Waals surface area contributed by atoms with E-state index in [-0.39, 0.29) is 23.4 Å². The highest BCUT2D eigenvalue weighted by Crippen LogP contribution is 2.00. The van der Waals surface area contributed by atoms with Gasteiger partial charge in [0.1, 0.15) is 5.56 Å². The molecule has 0 spiro atoms. The van der Waals surface area contributed by atoms with Crippen LogP contribution in [0.4, 0.5) is 0 Å². The lowest BCUT2D eigenvalue weighted by atomic mass is 10.2. The van der Waals surface area contributed by atoms with Crippen molar-refractivity contribution in [3.8, 4) is 0 Å². The van der Waals surface area contributed by atoms with E-state index in [1.54, 1.807) is 0 Å². The molecule has 1 rings (SSSR count). The molecule has 0 aliphatic heterocycles. The number of oxime groups is 1. The molecule has 0 unspecified atom stereocenters. The van der Waals surface area contributed by atoms with Gasteiger partial charge in [-0.25, -0.2) is 0 Å². The van der Waals surface area contributed by atoms with Crippen LogP contribution in [0.1, 0.15) is 23.7 Å². The highest BCUT2D eigenvalue weighted by atomic mass is 16.4. The van der Waals surface area contributed by atoms with Crippen LogP contribution < -0.4 is 11.2 Å². The summed E-state index contributed by atoms with van der Waals surface area (Å²) in [7, 11) is 0. The van der Waals surface area contributed by atoms with Crippen molar-refractivity contribution in [2.45, 2.75) is 13.3 Å². The minimum atomic E-state index is -0.440. The van der Waals surface area contributed by atoms with Crippen molar-refractivity contribution < 1.29 is 10.0 Å². The maximum absolute atomic E-state index is 12.1. The van der Waals surface area contributed by atoms with E-state index >= 15 is 0 Å². The molecule has 7 heteroatoms. The summed E-state index contributed by atoms with van der Waals surface area (Å²) < 4.78 is 0. The zero-order valence-electron chi connectivity index (χ0n) is 10.1. The van der Waals surface area contributed by atoms with Crippen molar-refractivity contribution in [1.82, 2.24) is 9.88 Å². The molecule has 0 aliphatic carbocycles. The summed E-state index contributed by atoms with van der Waals surface area (Å²) in [5.41, 5.74) is 5.06. The van der Waals surface area contributed by atoms with E-state index in [0.29, 0.717) is 13.0 Å². The van der Waals surface area contributed by atoms with Gasteiger partial charge in [-0.05, 0) is 6.42 Å². The monoisotopic (exact) mass is 252 g/mol. The van der Waals surface area contributed by atoms with Gasteiger partial charge in [-0.15, -0.1) is 0 Å². The van der Waals surface area contributed by atoms with E-state index in [1.165, 1.54) is 23.4 Å². The summed E-state index contributed by atoms with van der Waals surface area (Å²) in [6, 6.07) is 1.28. The summed E-state index contributed by atoms with van der Waals surface area (Å²) in [6.45, 7) is 2.29. The molecule has 4 N–H and O–H groups in total. The second kappa shape index (κ2) is 6.43. The van der Waals surface area contributed by atoms with Crippen molar-refractivity contribution in [1.29, 1.82) is 0 Å². The summed E-state index contributed by atoms with van der Waals surface area (Å²) in [5.74, 6) is -0.519. The van der Waals surface area contributed by atoms with Crippen molar-refractivity contribution in [2.24, 2.45) is 10.9 Å². The van der Waals surface area contributed by atoms with Crippen LogP contribution in [0.15, 0.2) is 28.4 Å². The van der Waals surface area contributed by atoms with Crippen LogP contribution in [0, 0.1) is 0 Å². The molecule has 18 heavy (non-hydrogen) atoms. The number of pyridine rings is 1. The molecule has 0 aliphatic rings. The smallest absolute Gasteiger partial charge is 0.259 e. The van der Waals surface area contributed by atoms with Crippen LogP contribution in [0.3, 0.4) is 0 Å². The minimum absolute atomic E-state index is 0.0164. The van der Waals surface area contributed by atoms with E-state index in [4.69, 9.17) is 10.9 Å². The van der Waals surface area contributed by atoms with Gasteiger partial charge in [0.15, 0.2) is 11.3 Å². The van der Waals surface area contributed by atoms with Crippen LogP contribution in [0.5, 0.6) is 0 Å². The van der Waals surface area contributed by atoms with Gasteiger partial charge >= 0.3 is 0 Å². The third-order valence-electron chi connectivity index (χ3n) is 2.32. The number of nitrogens with two attached hydrogens (primary N) is 1. The molecule has 7 nitrogen and oxygen atoms in total. The lowest BCUT2D eigenvalue weighted by Gasteiger charge is -2.20. The zero-order chi connectivity index (χ0) is 13.5. The van der Waals surface area contributed by atoms with Crippen LogP contribution in [-0.4, -0.2) is 39.9 Å². The van der Waals surface area contributed by atoms with E-state index in [1.807, 2.05) is 6.92 Å². The van der Waals surface area contributed by atoms with Gasteiger partial charge < -0.3 is 20.8 Å². The van der Waals surface area contributed by atoms with Crippen LogP contribution in [0.2, 0.25) is 0 Å². The Kier molecular flexibility index (Phi) is 4.91. The Morgan fingerprint density at radius 2 is 2.33 bits per heavy atom. The van der Waals surface area contributed by atoms with Gasteiger partial charge in [0.25, 0.3) is 5.91 Å².